The maximum Gasteiger partial charge on any atom is 0.301 e. The molecule has 0 unspecified atom stereocenters. The Hall–Kier alpha value is -1.38. The van der Waals surface area contributed by atoms with Crippen molar-refractivity contribution in [3.05, 3.63) is 24.0 Å². The summed E-state index contributed by atoms with van der Waals surface area (Å²) in [6.07, 6.45) is 0.331. The van der Waals surface area contributed by atoms with Crippen molar-refractivity contribution >= 4 is 15.9 Å². The van der Waals surface area contributed by atoms with Gasteiger partial charge in [0, 0.05) is 26.3 Å². The standard InChI is InChI=1S/C11H17FN2O4S/c1-14(6-3-7-15)19(16,17)13-10-5-4-9(12)8-11(10)18-2/h4-5,8,13,15H,3,6-7H2,1-2H3. The normalized spacial score (nSPS) is 11.6. The van der Waals surface area contributed by atoms with Crippen molar-refractivity contribution in [1.82, 2.24) is 4.31 Å². The molecule has 108 valence electrons. The monoisotopic (exact) mass is 292 g/mol. The molecule has 0 radical (unpaired) electrons. The van der Waals surface area contributed by atoms with Gasteiger partial charge in [-0.2, -0.15) is 12.7 Å². The molecule has 1 rings (SSSR count). The first-order chi connectivity index (χ1) is 8.90. The Bertz CT molecular complexity index is 521. The van der Waals surface area contributed by atoms with E-state index in [0.717, 1.165) is 16.4 Å². The molecule has 19 heavy (non-hydrogen) atoms. The fourth-order valence-corrected chi connectivity index (χ4v) is 2.35. The Morgan fingerprint density at radius 1 is 1.47 bits per heavy atom. The predicted molar refractivity (Wildman–Crippen MR) is 69.8 cm³/mol. The Kier molecular flexibility index (Phi) is 5.52. The smallest absolute Gasteiger partial charge is 0.301 e. The lowest BCUT2D eigenvalue weighted by Gasteiger charge is -2.19. The van der Waals surface area contributed by atoms with E-state index in [1.54, 1.807) is 0 Å². The van der Waals surface area contributed by atoms with Gasteiger partial charge in [-0.3, -0.25) is 4.72 Å². The third-order valence-corrected chi connectivity index (χ3v) is 3.93. The summed E-state index contributed by atoms with van der Waals surface area (Å²) in [4.78, 5) is 0. The van der Waals surface area contributed by atoms with Crippen molar-refractivity contribution in [2.45, 2.75) is 6.42 Å². The van der Waals surface area contributed by atoms with Gasteiger partial charge < -0.3 is 9.84 Å². The highest BCUT2D eigenvalue weighted by molar-refractivity contribution is 7.90. The Balaban J connectivity index is 2.89. The topological polar surface area (TPSA) is 78.9 Å². The highest BCUT2D eigenvalue weighted by Crippen LogP contribution is 2.26. The van der Waals surface area contributed by atoms with Gasteiger partial charge in [0.15, 0.2) is 0 Å². The van der Waals surface area contributed by atoms with Gasteiger partial charge in [-0.15, -0.1) is 0 Å². The van der Waals surface area contributed by atoms with E-state index in [1.165, 1.54) is 20.2 Å². The lowest BCUT2D eigenvalue weighted by Crippen LogP contribution is -2.33. The van der Waals surface area contributed by atoms with Crippen LogP contribution in [0.2, 0.25) is 0 Å². The summed E-state index contributed by atoms with van der Waals surface area (Å²) in [5.74, 6) is -0.424. The van der Waals surface area contributed by atoms with Crippen LogP contribution in [0, 0.1) is 5.82 Å². The van der Waals surface area contributed by atoms with Gasteiger partial charge in [-0.1, -0.05) is 0 Å². The first-order valence-electron chi connectivity index (χ1n) is 5.59. The van der Waals surface area contributed by atoms with Gasteiger partial charge in [0.05, 0.1) is 12.8 Å². The van der Waals surface area contributed by atoms with E-state index < -0.39 is 16.0 Å². The fraction of sp³-hybridized carbons (Fsp3) is 0.455. The molecule has 2 N–H and O–H groups in total. The molecule has 1 aromatic rings. The van der Waals surface area contributed by atoms with E-state index in [-0.39, 0.29) is 24.6 Å². The second-order valence-electron chi connectivity index (χ2n) is 3.85. The van der Waals surface area contributed by atoms with Crippen LogP contribution in [-0.4, -0.2) is 45.1 Å². The van der Waals surface area contributed by atoms with Crippen LogP contribution in [0.25, 0.3) is 0 Å². The van der Waals surface area contributed by atoms with E-state index in [4.69, 9.17) is 9.84 Å². The van der Waals surface area contributed by atoms with E-state index >= 15 is 0 Å². The lowest BCUT2D eigenvalue weighted by atomic mass is 10.3. The van der Waals surface area contributed by atoms with Gasteiger partial charge in [-0.05, 0) is 18.6 Å². The second kappa shape index (κ2) is 6.69. The van der Waals surface area contributed by atoms with E-state index in [1.807, 2.05) is 0 Å². The highest BCUT2D eigenvalue weighted by atomic mass is 32.2. The maximum absolute atomic E-state index is 13.0. The van der Waals surface area contributed by atoms with Crippen molar-refractivity contribution in [2.75, 3.05) is 32.0 Å². The van der Waals surface area contributed by atoms with Crippen molar-refractivity contribution in [3.8, 4) is 5.75 Å². The quantitative estimate of drug-likeness (QED) is 0.779. The molecule has 0 atom stereocenters. The Morgan fingerprint density at radius 3 is 2.74 bits per heavy atom. The molecule has 1 aromatic carbocycles. The van der Waals surface area contributed by atoms with Crippen molar-refractivity contribution in [2.24, 2.45) is 0 Å². The third-order valence-electron chi connectivity index (χ3n) is 2.44. The van der Waals surface area contributed by atoms with Crippen LogP contribution >= 0.6 is 0 Å². The number of aliphatic hydroxyl groups excluding tert-OH is 1. The van der Waals surface area contributed by atoms with Crippen molar-refractivity contribution in [1.29, 1.82) is 0 Å². The molecule has 0 aliphatic rings. The molecule has 0 heterocycles. The third kappa shape index (κ3) is 4.34. The average Bonchev–Trinajstić information content (AvgIpc) is 2.37. The SMILES string of the molecule is COc1cc(F)ccc1NS(=O)(=O)N(C)CCCO. The van der Waals surface area contributed by atoms with Gasteiger partial charge in [0.1, 0.15) is 11.6 Å². The lowest BCUT2D eigenvalue weighted by molar-refractivity contribution is 0.276. The molecule has 8 heteroatoms. The zero-order valence-electron chi connectivity index (χ0n) is 10.8. The molecule has 0 aliphatic heterocycles. The Morgan fingerprint density at radius 2 is 2.16 bits per heavy atom. The highest BCUT2D eigenvalue weighted by Gasteiger charge is 2.19. The molecule has 0 spiro atoms. The molecule has 0 amide bonds. The summed E-state index contributed by atoms with van der Waals surface area (Å²) in [5.41, 5.74) is 0.153. The number of aliphatic hydroxyl groups is 1. The summed E-state index contributed by atoms with van der Waals surface area (Å²) in [6.45, 7) is 0.0784. The van der Waals surface area contributed by atoms with Gasteiger partial charge >= 0.3 is 10.2 Å². The number of methoxy groups -OCH3 is 1. The molecule has 0 bridgehead atoms. The molecule has 6 nitrogen and oxygen atoms in total. The maximum atomic E-state index is 13.0. The van der Waals surface area contributed by atoms with Gasteiger partial charge in [-0.25, -0.2) is 4.39 Å². The largest absolute Gasteiger partial charge is 0.494 e. The number of rotatable bonds is 7. The number of hydrogen-bond donors (Lipinski definition) is 2. The molecule has 0 aliphatic carbocycles. The number of nitrogens with zero attached hydrogens (tertiary/aromatic N) is 1. The van der Waals surface area contributed by atoms with E-state index in [2.05, 4.69) is 4.72 Å². The number of benzene rings is 1. The van der Waals surface area contributed by atoms with Gasteiger partial charge in [0.2, 0.25) is 0 Å². The molecular formula is C11H17FN2O4S. The van der Waals surface area contributed by atoms with Crippen LogP contribution in [0.1, 0.15) is 6.42 Å². The zero-order valence-corrected chi connectivity index (χ0v) is 11.6. The first-order valence-corrected chi connectivity index (χ1v) is 7.03. The zero-order chi connectivity index (χ0) is 14.5. The Labute approximate surface area is 112 Å². The predicted octanol–water partition coefficient (Wildman–Crippen LogP) is 0.805. The van der Waals surface area contributed by atoms with Crippen LogP contribution in [0.3, 0.4) is 0 Å². The molecule has 0 saturated heterocycles. The first kappa shape index (κ1) is 15.7. The minimum Gasteiger partial charge on any atom is -0.494 e. The summed E-state index contributed by atoms with van der Waals surface area (Å²) in [5, 5.41) is 8.68. The van der Waals surface area contributed by atoms with Crippen LogP contribution in [-0.2, 0) is 10.2 Å². The fourth-order valence-electron chi connectivity index (χ4n) is 1.38. The molecule has 0 aromatic heterocycles. The van der Waals surface area contributed by atoms with Crippen LogP contribution in [0.4, 0.5) is 10.1 Å². The van der Waals surface area contributed by atoms with Crippen LogP contribution in [0.15, 0.2) is 18.2 Å². The second-order valence-corrected chi connectivity index (χ2v) is 5.63. The van der Waals surface area contributed by atoms with Crippen LogP contribution < -0.4 is 9.46 Å². The minimum atomic E-state index is -3.76. The number of ether oxygens (including phenoxy) is 1. The van der Waals surface area contributed by atoms with E-state index in [0.29, 0.717) is 6.42 Å². The molecule has 0 saturated carbocycles. The molecule has 0 fully saturated rings. The van der Waals surface area contributed by atoms with Crippen LogP contribution in [0.5, 0.6) is 5.75 Å². The van der Waals surface area contributed by atoms with Crippen molar-refractivity contribution < 1.29 is 22.7 Å². The van der Waals surface area contributed by atoms with Gasteiger partial charge in [0.25, 0.3) is 0 Å². The molecular weight excluding hydrogens is 275 g/mol. The summed E-state index contributed by atoms with van der Waals surface area (Å²) >= 11 is 0. The average molecular weight is 292 g/mol. The summed E-state index contributed by atoms with van der Waals surface area (Å²) in [7, 11) is -1.06. The number of halogens is 1. The van der Waals surface area contributed by atoms with Crippen molar-refractivity contribution in [3.63, 3.8) is 0 Å². The number of nitrogens with one attached hydrogen (secondary N) is 1. The minimum absolute atomic E-state index is 0.0964. The van der Waals surface area contributed by atoms with E-state index in [9.17, 15) is 12.8 Å². The summed E-state index contributed by atoms with van der Waals surface area (Å²) < 4.78 is 45.1. The summed E-state index contributed by atoms with van der Waals surface area (Å²) in [6, 6.07) is 3.51. The number of anilines is 1. The number of hydrogen-bond acceptors (Lipinski definition) is 4.